The first-order valence-electron chi connectivity index (χ1n) is 4.10. The van der Waals surface area contributed by atoms with Gasteiger partial charge in [-0.15, -0.1) is 0 Å². The minimum absolute atomic E-state index is 0.0185. The van der Waals surface area contributed by atoms with Crippen LogP contribution in [0.2, 0.25) is 0 Å². The monoisotopic (exact) mass is 184 g/mol. The van der Waals surface area contributed by atoms with Gasteiger partial charge in [-0.25, -0.2) is 4.39 Å². The van der Waals surface area contributed by atoms with Gasteiger partial charge in [-0.05, 0) is 18.6 Å². The number of phenolic OH excluding ortho intramolecular Hbond substituents is 1. The number of phenols is 1. The van der Waals surface area contributed by atoms with Crippen molar-refractivity contribution in [2.75, 3.05) is 0 Å². The summed E-state index contributed by atoms with van der Waals surface area (Å²) in [6, 6.07) is 2.57. The summed E-state index contributed by atoms with van der Waals surface area (Å²) in [7, 11) is 0. The smallest absolute Gasteiger partial charge is 0.165 e. The Morgan fingerprint density at radius 2 is 1.92 bits per heavy atom. The SMILES string of the molecule is CC.Cc1ccc(F)c(O)c1C=O. The summed E-state index contributed by atoms with van der Waals surface area (Å²) in [5.41, 5.74) is 0.587. The van der Waals surface area contributed by atoms with Gasteiger partial charge in [0, 0.05) is 0 Å². The molecule has 0 aromatic heterocycles. The van der Waals surface area contributed by atoms with Gasteiger partial charge in [0.05, 0.1) is 5.56 Å². The van der Waals surface area contributed by atoms with E-state index in [1.807, 2.05) is 13.8 Å². The molecule has 0 heterocycles. The van der Waals surface area contributed by atoms with Gasteiger partial charge in [0.1, 0.15) is 0 Å². The molecule has 0 saturated carbocycles. The Bertz CT molecular complexity index is 295. The van der Waals surface area contributed by atoms with Crippen LogP contribution >= 0.6 is 0 Å². The number of aryl methyl sites for hydroxylation is 1. The van der Waals surface area contributed by atoms with E-state index in [9.17, 15) is 9.18 Å². The van der Waals surface area contributed by atoms with E-state index >= 15 is 0 Å². The van der Waals surface area contributed by atoms with Gasteiger partial charge < -0.3 is 5.11 Å². The molecule has 0 fully saturated rings. The zero-order chi connectivity index (χ0) is 10.4. The number of rotatable bonds is 1. The number of hydrogen-bond acceptors (Lipinski definition) is 2. The third-order valence-corrected chi connectivity index (χ3v) is 1.50. The summed E-state index contributed by atoms with van der Waals surface area (Å²) in [4.78, 5) is 10.3. The van der Waals surface area contributed by atoms with Gasteiger partial charge in [-0.1, -0.05) is 19.9 Å². The van der Waals surface area contributed by atoms with Crippen LogP contribution in [0.1, 0.15) is 29.8 Å². The van der Waals surface area contributed by atoms with Crippen LogP contribution in [0.4, 0.5) is 4.39 Å². The molecular formula is C10H13FO2. The Hall–Kier alpha value is -1.38. The van der Waals surface area contributed by atoms with Crippen molar-refractivity contribution >= 4 is 6.29 Å². The highest BCUT2D eigenvalue weighted by Crippen LogP contribution is 2.21. The van der Waals surface area contributed by atoms with Crippen molar-refractivity contribution in [3.05, 3.63) is 29.1 Å². The summed E-state index contributed by atoms with van der Waals surface area (Å²) in [6.07, 6.45) is 0.438. The van der Waals surface area contributed by atoms with Gasteiger partial charge in [-0.2, -0.15) is 0 Å². The average Bonchev–Trinajstić information content (AvgIpc) is 2.16. The Balaban J connectivity index is 0.000000671. The topological polar surface area (TPSA) is 37.3 Å². The van der Waals surface area contributed by atoms with Crippen molar-refractivity contribution in [2.45, 2.75) is 20.8 Å². The second-order valence-electron chi connectivity index (χ2n) is 2.24. The lowest BCUT2D eigenvalue weighted by Gasteiger charge is -2.00. The number of carbonyl (C=O) groups is 1. The van der Waals surface area contributed by atoms with E-state index in [1.165, 1.54) is 6.07 Å². The molecule has 1 N–H and O–H groups in total. The van der Waals surface area contributed by atoms with Crippen LogP contribution < -0.4 is 0 Å². The molecule has 0 aliphatic rings. The second-order valence-corrected chi connectivity index (χ2v) is 2.24. The molecule has 1 aromatic carbocycles. The van der Waals surface area contributed by atoms with Crippen molar-refractivity contribution in [1.29, 1.82) is 0 Å². The van der Waals surface area contributed by atoms with Crippen molar-refractivity contribution in [1.82, 2.24) is 0 Å². The van der Waals surface area contributed by atoms with Crippen LogP contribution in [0.3, 0.4) is 0 Å². The molecule has 1 aromatic rings. The van der Waals surface area contributed by atoms with Crippen LogP contribution in [-0.2, 0) is 0 Å². The van der Waals surface area contributed by atoms with Crippen LogP contribution in [0, 0.1) is 12.7 Å². The molecule has 0 spiro atoms. The molecule has 0 unspecified atom stereocenters. The van der Waals surface area contributed by atoms with Gasteiger partial charge >= 0.3 is 0 Å². The van der Waals surface area contributed by atoms with E-state index < -0.39 is 11.6 Å². The molecule has 0 bridgehead atoms. The van der Waals surface area contributed by atoms with Gasteiger partial charge in [0.2, 0.25) is 0 Å². The molecule has 0 radical (unpaired) electrons. The lowest BCUT2D eigenvalue weighted by Crippen LogP contribution is -1.89. The molecular weight excluding hydrogens is 171 g/mol. The van der Waals surface area contributed by atoms with E-state index in [2.05, 4.69) is 0 Å². The second kappa shape index (κ2) is 5.30. The number of carbonyl (C=O) groups excluding carboxylic acids is 1. The zero-order valence-electron chi connectivity index (χ0n) is 7.97. The third-order valence-electron chi connectivity index (χ3n) is 1.50. The molecule has 0 aliphatic carbocycles. The van der Waals surface area contributed by atoms with Crippen molar-refractivity contribution < 1.29 is 14.3 Å². The summed E-state index contributed by atoms with van der Waals surface area (Å²) in [5, 5.41) is 8.97. The molecule has 0 aliphatic heterocycles. The van der Waals surface area contributed by atoms with Gasteiger partial charge in [0.15, 0.2) is 17.9 Å². The molecule has 0 saturated heterocycles. The minimum Gasteiger partial charge on any atom is -0.504 e. The Labute approximate surface area is 77.0 Å². The maximum atomic E-state index is 12.5. The quantitative estimate of drug-likeness (QED) is 0.681. The van der Waals surface area contributed by atoms with Crippen LogP contribution in [0.15, 0.2) is 12.1 Å². The summed E-state index contributed by atoms with van der Waals surface area (Å²) < 4.78 is 12.5. The highest BCUT2D eigenvalue weighted by molar-refractivity contribution is 5.81. The maximum Gasteiger partial charge on any atom is 0.165 e. The van der Waals surface area contributed by atoms with Crippen LogP contribution in [-0.4, -0.2) is 11.4 Å². The zero-order valence-corrected chi connectivity index (χ0v) is 7.97. The standard InChI is InChI=1S/C8H7FO2.C2H6/c1-5-2-3-7(9)8(11)6(5)4-10;1-2/h2-4,11H,1H3;1-2H3. The van der Waals surface area contributed by atoms with E-state index in [1.54, 1.807) is 6.92 Å². The first kappa shape index (κ1) is 11.6. The molecule has 0 amide bonds. The van der Waals surface area contributed by atoms with Crippen molar-refractivity contribution in [3.63, 3.8) is 0 Å². The number of aldehydes is 1. The largest absolute Gasteiger partial charge is 0.504 e. The Morgan fingerprint density at radius 1 is 1.38 bits per heavy atom. The van der Waals surface area contributed by atoms with Gasteiger partial charge in [-0.3, -0.25) is 4.79 Å². The first-order chi connectivity index (χ1) is 6.16. The number of benzene rings is 1. The highest BCUT2D eigenvalue weighted by atomic mass is 19.1. The van der Waals surface area contributed by atoms with Crippen molar-refractivity contribution in [3.8, 4) is 5.75 Å². The van der Waals surface area contributed by atoms with E-state index in [-0.39, 0.29) is 5.56 Å². The predicted molar refractivity (Wildman–Crippen MR) is 49.5 cm³/mol. The van der Waals surface area contributed by atoms with Gasteiger partial charge in [0.25, 0.3) is 0 Å². The van der Waals surface area contributed by atoms with Crippen molar-refractivity contribution in [2.24, 2.45) is 0 Å². The number of hydrogen-bond donors (Lipinski definition) is 1. The summed E-state index contributed by atoms with van der Waals surface area (Å²) in [6.45, 7) is 5.63. The Kier molecular flexibility index (Phi) is 4.74. The maximum absolute atomic E-state index is 12.5. The molecule has 1 rings (SSSR count). The number of halogens is 1. The average molecular weight is 184 g/mol. The van der Waals surface area contributed by atoms with Crippen LogP contribution in [0.25, 0.3) is 0 Å². The molecule has 3 heteroatoms. The summed E-state index contributed by atoms with van der Waals surface area (Å²) >= 11 is 0. The summed E-state index contributed by atoms with van der Waals surface area (Å²) in [5.74, 6) is -1.34. The number of aromatic hydroxyl groups is 1. The fraction of sp³-hybridized carbons (Fsp3) is 0.300. The normalized spacial score (nSPS) is 8.62. The molecule has 0 atom stereocenters. The molecule has 13 heavy (non-hydrogen) atoms. The van der Waals surface area contributed by atoms with Crippen LogP contribution in [0.5, 0.6) is 5.75 Å². The fourth-order valence-electron chi connectivity index (χ4n) is 0.831. The van der Waals surface area contributed by atoms with E-state index in [0.29, 0.717) is 11.8 Å². The molecule has 72 valence electrons. The predicted octanol–water partition coefficient (Wildman–Crippen LogP) is 2.68. The fourth-order valence-corrected chi connectivity index (χ4v) is 0.831. The molecule has 2 nitrogen and oxygen atoms in total. The first-order valence-corrected chi connectivity index (χ1v) is 4.10. The minimum atomic E-state index is -0.766. The highest BCUT2D eigenvalue weighted by Gasteiger charge is 2.07. The third kappa shape index (κ3) is 2.54. The van der Waals surface area contributed by atoms with E-state index in [0.717, 1.165) is 6.07 Å². The Morgan fingerprint density at radius 3 is 2.31 bits per heavy atom. The van der Waals surface area contributed by atoms with E-state index in [4.69, 9.17) is 5.11 Å². The lowest BCUT2D eigenvalue weighted by molar-refractivity contribution is 0.111. The lowest BCUT2D eigenvalue weighted by atomic mass is 10.1.